The van der Waals surface area contributed by atoms with Crippen LogP contribution in [-0.4, -0.2) is 18.5 Å². The van der Waals surface area contributed by atoms with Gasteiger partial charge in [0.25, 0.3) is 5.91 Å². The normalized spacial score (nSPS) is 10.9. The molecule has 0 aliphatic carbocycles. The monoisotopic (exact) mass is 375 g/mol. The average Bonchev–Trinajstić information content (AvgIpc) is 2.99. The number of rotatable bonds is 6. The molecule has 2 rings (SSSR count). The first kappa shape index (κ1) is 16.8. The zero-order chi connectivity index (χ0) is 16.7. The predicted octanol–water partition coefficient (Wildman–Crippen LogP) is 3.54. The Morgan fingerprint density at radius 1 is 1.22 bits per heavy atom. The predicted molar refractivity (Wildman–Crippen MR) is 89.4 cm³/mol. The number of esters is 1. The fraction of sp³-hybridized carbons (Fsp3) is 0.0588. The molecule has 0 atom stereocenters. The number of ether oxygens (including phenoxy) is 1. The lowest BCUT2D eigenvalue weighted by molar-refractivity contribution is -0.138. The molecule has 0 aliphatic heterocycles. The van der Waals surface area contributed by atoms with Crippen molar-refractivity contribution in [2.75, 3.05) is 6.61 Å². The summed E-state index contributed by atoms with van der Waals surface area (Å²) in [7, 11) is 0. The number of amides is 1. The van der Waals surface area contributed by atoms with E-state index in [1.54, 1.807) is 18.2 Å². The molecule has 1 aromatic carbocycles. The van der Waals surface area contributed by atoms with Crippen LogP contribution in [0.2, 0.25) is 0 Å². The van der Waals surface area contributed by atoms with Gasteiger partial charge in [-0.25, -0.2) is 4.79 Å². The van der Waals surface area contributed by atoms with Crippen LogP contribution < -0.4 is 5.32 Å². The van der Waals surface area contributed by atoms with Crippen LogP contribution in [0.15, 0.2) is 69.9 Å². The molecule has 0 saturated heterocycles. The molecule has 1 amide bonds. The van der Waals surface area contributed by atoms with Crippen LogP contribution >= 0.6 is 15.9 Å². The van der Waals surface area contributed by atoms with Crippen molar-refractivity contribution in [3.05, 3.63) is 76.8 Å². The third kappa shape index (κ3) is 4.96. The van der Waals surface area contributed by atoms with Crippen LogP contribution in [0, 0.1) is 0 Å². The van der Waals surface area contributed by atoms with Gasteiger partial charge in [0.2, 0.25) is 0 Å². The molecule has 1 heterocycles. The average molecular weight is 376 g/mol. The number of furan rings is 1. The summed E-state index contributed by atoms with van der Waals surface area (Å²) < 4.78 is 10.6. The summed E-state index contributed by atoms with van der Waals surface area (Å²) in [6, 6.07) is 12.2. The Balaban J connectivity index is 2.22. The first-order valence-corrected chi connectivity index (χ1v) is 7.51. The molecule has 1 aromatic heterocycles. The van der Waals surface area contributed by atoms with E-state index in [0.29, 0.717) is 4.67 Å². The molecule has 0 fully saturated rings. The van der Waals surface area contributed by atoms with E-state index in [-0.39, 0.29) is 18.1 Å². The maximum absolute atomic E-state index is 12.1. The molecule has 1 N–H and O–H groups in total. The third-order valence-corrected chi connectivity index (χ3v) is 3.13. The number of carbonyl (C=O) groups is 2. The lowest BCUT2D eigenvalue weighted by atomic mass is 10.2. The van der Waals surface area contributed by atoms with Crippen LogP contribution in [0.25, 0.3) is 6.08 Å². The summed E-state index contributed by atoms with van der Waals surface area (Å²) in [5, 5.41) is 2.50. The van der Waals surface area contributed by atoms with E-state index in [4.69, 9.17) is 9.15 Å². The van der Waals surface area contributed by atoms with Crippen LogP contribution in [0.3, 0.4) is 0 Å². The highest BCUT2D eigenvalue weighted by atomic mass is 79.9. The summed E-state index contributed by atoms with van der Waals surface area (Å²) in [6.45, 7) is 3.53. The molecular weight excluding hydrogens is 362 g/mol. The summed E-state index contributed by atoms with van der Waals surface area (Å²) in [5.74, 6) is -1.13. The van der Waals surface area contributed by atoms with Gasteiger partial charge >= 0.3 is 5.97 Å². The number of carbonyl (C=O) groups excluding carboxylic acids is 2. The SMILES string of the molecule is C=CCOC(=O)/C(=C/c1ccccc1)NC(=O)c1ccc(Br)o1. The van der Waals surface area contributed by atoms with E-state index in [1.807, 2.05) is 18.2 Å². The summed E-state index contributed by atoms with van der Waals surface area (Å²) in [6.07, 6.45) is 2.98. The highest BCUT2D eigenvalue weighted by Gasteiger charge is 2.17. The molecular formula is C17H14BrNO4. The van der Waals surface area contributed by atoms with Crippen LogP contribution in [-0.2, 0) is 9.53 Å². The third-order valence-electron chi connectivity index (χ3n) is 2.71. The highest BCUT2D eigenvalue weighted by molar-refractivity contribution is 9.10. The quantitative estimate of drug-likeness (QED) is 0.476. The maximum Gasteiger partial charge on any atom is 0.355 e. The Kier molecular flexibility index (Phi) is 5.94. The Hall–Kier alpha value is -2.60. The van der Waals surface area contributed by atoms with Gasteiger partial charge in [-0.15, -0.1) is 0 Å². The van der Waals surface area contributed by atoms with E-state index < -0.39 is 11.9 Å². The lowest BCUT2D eigenvalue weighted by Gasteiger charge is -2.08. The van der Waals surface area contributed by atoms with E-state index in [1.165, 1.54) is 18.2 Å². The van der Waals surface area contributed by atoms with E-state index in [0.717, 1.165) is 5.56 Å². The minimum Gasteiger partial charge on any atom is -0.457 e. The summed E-state index contributed by atoms with van der Waals surface area (Å²) in [4.78, 5) is 24.2. The second-order valence-corrected chi connectivity index (χ2v) is 5.20. The second-order valence-electron chi connectivity index (χ2n) is 4.41. The van der Waals surface area contributed by atoms with Crippen molar-refractivity contribution in [3.8, 4) is 0 Å². The molecule has 0 saturated carbocycles. The van der Waals surface area contributed by atoms with Crippen LogP contribution in [0.5, 0.6) is 0 Å². The van der Waals surface area contributed by atoms with Gasteiger partial charge in [0.05, 0.1) is 0 Å². The highest BCUT2D eigenvalue weighted by Crippen LogP contribution is 2.15. The van der Waals surface area contributed by atoms with Crippen molar-refractivity contribution >= 4 is 33.9 Å². The Bertz CT molecular complexity index is 734. The lowest BCUT2D eigenvalue weighted by Crippen LogP contribution is -2.28. The van der Waals surface area contributed by atoms with Crippen molar-refractivity contribution < 1.29 is 18.7 Å². The van der Waals surface area contributed by atoms with Crippen LogP contribution in [0.1, 0.15) is 16.1 Å². The molecule has 0 bridgehead atoms. The fourth-order valence-corrected chi connectivity index (χ4v) is 2.00. The topological polar surface area (TPSA) is 68.5 Å². The van der Waals surface area contributed by atoms with Crippen molar-refractivity contribution in [3.63, 3.8) is 0 Å². The fourth-order valence-electron chi connectivity index (χ4n) is 1.69. The van der Waals surface area contributed by atoms with Crippen LogP contribution in [0.4, 0.5) is 0 Å². The molecule has 23 heavy (non-hydrogen) atoms. The maximum atomic E-state index is 12.1. The number of nitrogens with one attached hydrogen (secondary N) is 1. The standard InChI is InChI=1S/C17H14BrNO4/c1-2-10-22-17(21)13(11-12-6-4-3-5-7-12)19-16(20)14-8-9-15(18)23-14/h2-9,11H,1,10H2,(H,19,20)/b13-11-. The number of benzene rings is 1. The molecule has 0 unspecified atom stereocenters. The van der Waals surface area contributed by atoms with Gasteiger partial charge in [-0.2, -0.15) is 0 Å². The van der Waals surface area contributed by atoms with Gasteiger partial charge in [-0.1, -0.05) is 43.0 Å². The minimum absolute atomic E-state index is 0.00979. The second kappa shape index (κ2) is 8.14. The van der Waals surface area contributed by atoms with Gasteiger partial charge in [0.15, 0.2) is 10.4 Å². The molecule has 118 valence electrons. The van der Waals surface area contributed by atoms with Crippen molar-refractivity contribution in [2.45, 2.75) is 0 Å². The zero-order valence-electron chi connectivity index (χ0n) is 12.1. The van der Waals surface area contributed by atoms with Gasteiger partial charge in [0, 0.05) is 0 Å². The van der Waals surface area contributed by atoms with Crippen molar-refractivity contribution in [1.29, 1.82) is 0 Å². The molecule has 0 aliphatic rings. The van der Waals surface area contributed by atoms with Crippen molar-refractivity contribution in [1.82, 2.24) is 5.32 Å². The summed E-state index contributed by atoms with van der Waals surface area (Å²) in [5.41, 5.74) is 0.759. The smallest absolute Gasteiger partial charge is 0.355 e. The molecule has 6 heteroatoms. The number of halogens is 1. The zero-order valence-corrected chi connectivity index (χ0v) is 13.7. The first-order chi connectivity index (χ1) is 11.1. The van der Waals surface area contributed by atoms with Gasteiger partial charge in [0.1, 0.15) is 12.3 Å². The molecule has 0 radical (unpaired) electrons. The van der Waals surface area contributed by atoms with Gasteiger partial charge in [-0.05, 0) is 39.7 Å². The first-order valence-electron chi connectivity index (χ1n) is 6.71. The Morgan fingerprint density at radius 3 is 2.57 bits per heavy atom. The van der Waals surface area contributed by atoms with Gasteiger partial charge in [-0.3, -0.25) is 4.79 Å². The minimum atomic E-state index is -0.660. The molecule has 2 aromatic rings. The number of hydrogen-bond donors (Lipinski definition) is 1. The van der Waals surface area contributed by atoms with E-state index in [2.05, 4.69) is 27.8 Å². The van der Waals surface area contributed by atoms with Crippen molar-refractivity contribution in [2.24, 2.45) is 0 Å². The summed E-state index contributed by atoms with van der Waals surface area (Å²) >= 11 is 3.12. The Morgan fingerprint density at radius 2 is 1.96 bits per heavy atom. The molecule has 0 spiro atoms. The Labute approximate surface area is 141 Å². The number of hydrogen-bond acceptors (Lipinski definition) is 4. The van der Waals surface area contributed by atoms with E-state index >= 15 is 0 Å². The van der Waals surface area contributed by atoms with E-state index in [9.17, 15) is 9.59 Å². The molecule has 5 nitrogen and oxygen atoms in total. The largest absolute Gasteiger partial charge is 0.457 e. The van der Waals surface area contributed by atoms with Gasteiger partial charge < -0.3 is 14.5 Å².